The van der Waals surface area contributed by atoms with Crippen molar-refractivity contribution < 1.29 is 14.6 Å². The molecule has 5 nitrogen and oxygen atoms in total. The zero-order chi connectivity index (χ0) is 21.5. The summed E-state index contributed by atoms with van der Waals surface area (Å²) >= 11 is 0. The number of carbonyl (C=O) groups is 1. The Morgan fingerprint density at radius 3 is 2.23 bits per heavy atom. The predicted molar refractivity (Wildman–Crippen MR) is 123 cm³/mol. The van der Waals surface area contributed by atoms with Crippen molar-refractivity contribution in [1.82, 2.24) is 4.90 Å². The van der Waals surface area contributed by atoms with E-state index in [9.17, 15) is 9.90 Å². The van der Waals surface area contributed by atoms with Crippen molar-refractivity contribution in [3.8, 4) is 11.5 Å². The summed E-state index contributed by atoms with van der Waals surface area (Å²) in [5, 5.41) is 9.69. The normalized spacial score (nSPS) is 14.2. The average molecular weight is 417 g/mol. The molecule has 31 heavy (non-hydrogen) atoms. The molecule has 1 heterocycles. The lowest BCUT2D eigenvalue weighted by Crippen LogP contribution is -2.33. The fourth-order valence-corrected chi connectivity index (χ4v) is 3.92. The third kappa shape index (κ3) is 5.25. The standard InChI is InChI=1S/C26H28N2O3/c29-23-15-13-22(14-16-23)28(21-9-3-1-4-10-21)26(30)24-11-5-6-12-25(24)31-20-19-27-17-7-2-8-18-27/h1,3-6,9-16,29H,2,7-8,17-20H2. The summed E-state index contributed by atoms with van der Waals surface area (Å²) in [5.74, 6) is 0.570. The lowest BCUT2D eigenvalue weighted by Gasteiger charge is -2.27. The van der Waals surface area contributed by atoms with Gasteiger partial charge < -0.3 is 9.84 Å². The van der Waals surface area contributed by atoms with Crippen LogP contribution < -0.4 is 9.64 Å². The van der Waals surface area contributed by atoms with Gasteiger partial charge >= 0.3 is 0 Å². The molecule has 1 N–H and O–H groups in total. The Morgan fingerprint density at radius 1 is 0.839 bits per heavy atom. The van der Waals surface area contributed by atoms with Gasteiger partial charge in [-0.15, -0.1) is 0 Å². The maximum atomic E-state index is 13.7. The van der Waals surface area contributed by atoms with Gasteiger partial charge in [0.05, 0.1) is 5.56 Å². The van der Waals surface area contributed by atoms with Crippen LogP contribution in [0.2, 0.25) is 0 Å². The van der Waals surface area contributed by atoms with Gasteiger partial charge in [-0.1, -0.05) is 36.8 Å². The van der Waals surface area contributed by atoms with Crippen LogP contribution in [0.5, 0.6) is 11.5 Å². The molecule has 1 aliphatic rings. The van der Waals surface area contributed by atoms with E-state index in [-0.39, 0.29) is 11.7 Å². The van der Waals surface area contributed by atoms with E-state index in [0.29, 0.717) is 23.6 Å². The molecule has 0 radical (unpaired) electrons. The number of piperidine rings is 1. The van der Waals surface area contributed by atoms with Crippen molar-refractivity contribution in [3.63, 3.8) is 0 Å². The molecule has 1 fully saturated rings. The van der Waals surface area contributed by atoms with Gasteiger partial charge in [0.15, 0.2) is 0 Å². The predicted octanol–water partition coefficient (Wildman–Crippen LogP) is 5.24. The minimum atomic E-state index is -0.175. The first-order valence-corrected chi connectivity index (χ1v) is 10.8. The van der Waals surface area contributed by atoms with Crippen molar-refractivity contribution in [3.05, 3.63) is 84.4 Å². The Morgan fingerprint density at radius 2 is 1.48 bits per heavy atom. The highest BCUT2D eigenvalue weighted by Gasteiger charge is 2.23. The molecule has 1 saturated heterocycles. The number of aromatic hydroxyl groups is 1. The number of benzene rings is 3. The molecule has 0 aliphatic carbocycles. The summed E-state index contributed by atoms with van der Waals surface area (Å²) in [6.45, 7) is 3.65. The van der Waals surface area contributed by atoms with Gasteiger partial charge in [0.2, 0.25) is 0 Å². The van der Waals surface area contributed by atoms with Crippen molar-refractivity contribution in [1.29, 1.82) is 0 Å². The number of nitrogens with zero attached hydrogens (tertiary/aromatic N) is 2. The van der Waals surface area contributed by atoms with Crippen LogP contribution in [0.25, 0.3) is 0 Å². The van der Waals surface area contributed by atoms with E-state index in [4.69, 9.17) is 4.74 Å². The number of amides is 1. The highest BCUT2D eigenvalue weighted by molar-refractivity contribution is 6.12. The molecular formula is C26H28N2O3. The molecule has 0 saturated carbocycles. The minimum Gasteiger partial charge on any atom is -0.508 e. The topological polar surface area (TPSA) is 53.0 Å². The maximum Gasteiger partial charge on any atom is 0.266 e. The lowest BCUT2D eigenvalue weighted by atomic mass is 10.1. The van der Waals surface area contributed by atoms with E-state index >= 15 is 0 Å². The van der Waals surface area contributed by atoms with Gasteiger partial charge in [-0.25, -0.2) is 0 Å². The number of ether oxygens (including phenoxy) is 1. The second kappa shape index (κ2) is 10.1. The molecule has 3 aromatic carbocycles. The molecule has 0 spiro atoms. The van der Waals surface area contributed by atoms with Gasteiger partial charge in [0.25, 0.3) is 5.91 Å². The van der Waals surface area contributed by atoms with E-state index in [1.54, 1.807) is 35.2 Å². The van der Waals surface area contributed by atoms with Gasteiger partial charge in [0, 0.05) is 17.9 Å². The van der Waals surface area contributed by atoms with Crippen LogP contribution in [0, 0.1) is 0 Å². The smallest absolute Gasteiger partial charge is 0.266 e. The summed E-state index contributed by atoms with van der Waals surface area (Å²) in [4.78, 5) is 17.8. The zero-order valence-corrected chi connectivity index (χ0v) is 17.6. The van der Waals surface area contributed by atoms with Gasteiger partial charge in [-0.2, -0.15) is 0 Å². The van der Waals surface area contributed by atoms with Crippen LogP contribution in [0.3, 0.4) is 0 Å². The van der Waals surface area contributed by atoms with Crippen LogP contribution in [-0.2, 0) is 0 Å². The summed E-state index contributed by atoms with van der Waals surface area (Å²) in [6.07, 6.45) is 3.79. The molecule has 3 aromatic rings. The van der Waals surface area contributed by atoms with Crippen molar-refractivity contribution >= 4 is 17.3 Å². The van der Waals surface area contributed by atoms with E-state index in [2.05, 4.69) is 4.90 Å². The monoisotopic (exact) mass is 416 g/mol. The first-order chi connectivity index (χ1) is 15.2. The van der Waals surface area contributed by atoms with Gasteiger partial charge in [-0.05, 0) is 74.5 Å². The molecule has 0 aromatic heterocycles. The summed E-state index contributed by atoms with van der Waals surface area (Å²) in [5.41, 5.74) is 1.94. The number of rotatable bonds is 7. The molecule has 1 aliphatic heterocycles. The third-order valence-electron chi connectivity index (χ3n) is 5.56. The summed E-state index contributed by atoms with van der Waals surface area (Å²) < 4.78 is 6.07. The number of hydrogen-bond acceptors (Lipinski definition) is 4. The van der Waals surface area contributed by atoms with Crippen molar-refractivity contribution in [2.75, 3.05) is 31.1 Å². The molecule has 160 valence electrons. The second-order valence-electron chi connectivity index (χ2n) is 7.74. The lowest BCUT2D eigenvalue weighted by molar-refractivity contribution is 0.0994. The van der Waals surface area contributed by atoms with Crippen LogP contribution >= 0.6 is 0 Å². The van der Waals surface area contributed by atoms with E-state index in [1.165, 1.54) is 19.3 Å². The van der Waals surface area contributed by atoms with Crippen LogP contribution in [0.1, 0.15) is 29.6 Å². The number of anilines is 2. The Bertz CT molecular complexity index is 983. The molecule has 0 atom stereocenters. The molecule has 4 rings (SSSR count). The number of carbonyl (C=O) groups excluding carboxylic acids is 1. The molecule has 0 unspecified atom stereocenters. The van der Waals surface area contributed by atoms with E-state index < -0.39 is 0 Å². The van der Waals surface area contributed by atoms with Crippen LogP contribution in [0.15, 0.2) is 78.9 Å². The number of para-hydroxylation sites is 2. The Hall–Kier alpha value is -3.31. The van der Waals surface area contributed by atoms with Crippen molar-refractivity contribution in [2.24, 2.45) is 0 Å². The number of likely N-dealkylation sites (tertiary alicyclic amines) is 1. The third-order valence-corrected chi connectivity index (χ3v) is 5.56. The fraction of sp³-hybridized carbons (Fsp3) is 0.269. The molecular weight excluding hydrogens is 388 g/mol. The van der Waals surface area contributed by atoms with E-state index in [0.717, 1.165) is 25.3 Å². The van der Waals surface area contributed by atoms with Gasteiger partial charge in [0.1, 0.15) is 18.1 Å². The SMILES string of the molecule is O=C(c1ccccc1OCCN1CCCCC1)N(c1ccccc1)c1ccc(O)cc1. The first kappa shape index (κ1) is 20.9. The van der Waals surface area contributed by atoms with E-state index in [1.807, 2.05) is 48.5 Å². The first-order valence-electron chi connectivity index (χ1n) is 10.8. The fourth-order valence-electron chi connectivity index (χ4n) is 3.92. The quantitative estimate of drug-likeness (QED) is 0.573. The molecule has 5 heteroatoms. The van der Waals surface area contributed by atoms with Crippen LogP contribution in [-0.4, -0.2) is 42.2 Å². The van der Waals surface area contributed by atoms with Crippen molar-refractivity contribution in [2.45, 2.75) is 19.3 Å². The minimum absolute atomic E-state index is 0.158. The second-order valence-corrected chi connectivity index (χ2v) is 7.74. The van der Waals surface area contributed by atoms with Gasteiger partial charge in [-0.3, -0.25) is 14.6 Å². The molecule has 1 amide bonds. The highest BCUT2D eigenvalue weighted by Crippen LogP contribution is 2.31. The number of phenolic OH excluding ortho intramolecular Hbond substituents is 1. The summed E-state index contributed by atoms with van der Waals surface area (Å²) in [7, 11) is 0. The largest absolute Gasteiger partial charge is 0.508 e. The number of hydrogen-bond donors (Lipinski definition) is 1. The highest BCUT2D eigenvalue weighted by atomic mass is 16.5. The summed E-state index contributed by atoms with van der Waals surface area (Å²) in [6, 6.07) is 23.5. The average Bonchev–Trinajstić information content (AvgIpc) is 2.82. The molecule has 0 bridgehead atoms. The van der Waals surface area contributed by atoms with Crippen LogP contribution in [0.4, 0.5) is 11.4 Å². The Kier molecular flexibility index (Phi) is 6.85. The Balaban J connectivity index is 1.57. The number of phenols is 1. The zero-order valence-electron chi connectivity index (χ0n) is 17.6. The Labute approximate surface area is 183 Å². The maximum absolute atomic E-state index is 13.7.